The summed E-state index contributed by atoms with van der Waals surface area (Å²) in [5.41, 5.74) is 9.81. The zero-order chi connectivity index (χ0) is 22.1. The summed E-state index contributed by atoms with van der Waals surface area (Å²) in [6.07, 6.45) is 0. The lowest BCUT2D eigenvalue weighted by Gasteiger charge is -2.14. The Morgan fingerprint density at radius 2 is 1.06 bits per heavy atom. The van der Waals surface area contributed by atoms with Crippen molar-refractivity contribution >= 4 is 38.1 Å². The Balaban J connectivity index is 1.44. The zero-order valence-electron chi connectivity index (χ0n) is 18.2. The van der Waals surface area contributed by atoms with Crippen molar-refractivity contribution in [3.63, 3.8) is 0 Å². The van der Waals surface area contributed by atoms with E-state index in [0.29, 0.717) is 0 Å². The van der Waals surface area contributed by atoms with Gasteiger partial charge in [0.05, 0.1) is 0 Å². The number of halogens is 1. The summed E-state index contributed by atoms with van der Waals surface area (Å²) in [6.45, 7) is 4.41. The van der Waals surface area contributed by atoms with Crippen LogP contribution in [0, 0.1) is 13.8 Å². The molecule has 5 aromatic carbocycles. The molecule has 156 valence electrons. The minimum atomic E-state index is 1.08. The van der Waals surface area contributed by atoms with Gasteiger partial charge < -0.3 is 5.32 Å². The summed E-state index contributed by atoms with van der Waals surface area (Å²) in [5.74, 6) is 0. The fourth-order valence-electron chi connectivity index (χ4n) is 4.23. The molecule has 5 aromatic rings. The van der Waals surface area contributed by atoms with E-state index in [1.807, 2.05) is 12.1 Å². The van der Waals surface area contributed by atoms with Crippen LogP contribution in [0.15, 0.2) is 108 Å². The number of rotatable bonds is 4. The van der Waals surface area contributed by atoms with E-state index in [1.165, 1.54) is 44.2 Å². The molecular weight excluding hydrogens is 454 g/mol. The first-order valence-electron chi connectivity index (χ1n) is 10.8. The van der Waals surface area contributed by atoms with Crippen molar-refractivity contribution in [1.29, 1.82) is 0 Å². The molecule has 0 heterocycles. The number of hydrogen-bond donors (Lipinski definition) is 1. The second-order valence-electron chi connectivity index (χ2n) is 8.25. The Hall–Kier alpha value is -3.36. The van der Waals surface area contributed by atoms with Crippen molar-refractivity contribution in [2.45, 2.75) is 13.8 Å². The molecular formula is C30H24BrN. The molecule has 0 aliphatic rings. The van der Waals surface area contributed by atoms with E-state index in [0.717, 1.165) is 15.8 Å². The van der Waals surface area contributed by atoms with Gasteiger partial charge in [-0.05, 0) is 100 Å². The van der Waals surface area contributed by atoms with Crippen molar-refractivity contribution in [2.75, 3.05) is 5.32 Å². The summed E-state index contributed by atoms with van der Waals surface area (Å²) in [6, 6.07) is 36.8. The Bertz CT molecular complexity index is 1400. The van der Waals surface area contributed by atoms with E-state index in [2.05, 4.69) is 126 Å². The molecule has 0 unspecified atom stereocenters. The molecule has 0 spiro atoms. The van der Waals surface area contributed by atoms with Crippen LogP contribution in [-0.2, 0) is 0 Å². The highest BCUT2D eigenvalue weighted by molar-refractivity contribution is 9.10. The first-order chi connectivity index (χ1) is 15.6. The van der Waals surface area contributed by atoms with Gasteiger partial charge in [0.2, 0.25) is 0 Å². The number of anilines is 2. The Kier molecular flexibility index (Phi) is 5.55. The fourth-order valence-corrected chi connectivity index (χ4v) is 4.49. The molecule has 1 N–H and O–H groups in total. The number of hydrogen-bond acceptors (Lipinski definition) is 1. The minimum Gasteiger partial charge on any atom is -0.356 e. The average molecular weight is 478 g/mol. The standard InChI is InChI=1S/C30H24BrN/c1-20-18-30(25-8-7-22-5-3-4-6-24(22)19-25)21(2)17-29(20)23-9-13-27(14-10-23)32-28-15-11-26(31)12-16-28/h3-19,32H,1-2H3. The maximum Gasteiger partial charge on any atom is 0.0384 e. The number of benzene rings is 5. The van der Waals surface area contributed by atoms with Crippen molar-refractivity contribution in [3.05, 3.63) is 119 Å². The molecule has 0 aliphatic carbocycles. The summed E-state index contributed by atoms with van der Waals surface area (Å²) in [7, 11) is 0. The lowest BCUT2D eigenvalue weighted by molar-refractivity contribution is 1.39. The lowest BCUT2D eigenvalue weighted by Crippen LogP contribution is -1.92. The zero-order valence-corrected chi connectivity index (χ0v) is 19.8. The molecule has 2 heteroatoms. The molecule has 0 radical (unpaired) electrons. The van der Waals surface area contributed by atoms with E-state index in [4.69, 9.17) is 0 Å². The molecule has 0 saturated heterocycles. The van der Waals surface area contributed by atoms with Gasteiger partial charge in [0.1, 0.15) is 0 Å². The third-order valence-corrected chi connectivity index (χ3v) is 6.49. The molecule has 0 atom stereocenters. The number of nitrogens with one attached hydrogen (secondary N) is 1. The SMILES string of the molecule is Cc1cc(-c2ccc3ccccc3c2)c(C)cc1-c1ccc(Nc2ccc(Br)cc2)cc1. The molecule has 5 rings (SSSR count). The third-order valence-electron chi connectivity index (χ3n) is 5.96. The maximum absolute atomic E-state index is 3.48. The molecule has 0 fully saturated rings. The highest BCUT2D eigenvalue weighted by Crippen LogP contribution is 2.34. The summed E-state index contributed by atoms with van der Waals surface area (Å²) in [4.78, 5) is 0. The largest absolute Gasteiger partial charge is 0.356 e. The van der Waals surface area contributed by atoms with Crippen LogP contribution in [0.1, 0.15) is 11.1 Å². The minimum absolute atomic E-state index is 1.08. The van der Waals surface area contributed by atoms with Gasteiger partial charge in [-0.25, -0.2) is 0 Å². The van der Waals surface area contributed by atoms with Crippen LogP contribution >= 0.6 is 15.9 Å². The Morgan fingerprint density at radius 1 is 0.531 bits per heavy atom. The predicted octanol–water partition coefficient (Wildman–Crippen LogP) is 9.30. The van der Waals surface area contributed by atoms with Gasteiger partial charge in [0.15, 0.2) is 0 Å². The van der Waals surface area contributed by atoms with Crippen molar-refractivity contribution in [3.8, 4) is 22.3 Å². The van der Waals surface area contributed by atoms with Gasteiger partial charge in [0, 0.05) is 15.8 Å². The highest BCUT2D eigenvalue weighted by atomic mass is 79.9. The number of aryl methyl sites for hydroxylation is 2. The van der Waals surface area contributed by atoms with E-state index >= 15 is 0 Å². The normalized spacial score (nSPS) is 11.0. The van der Waals surface area contributed by atoms with Gasteiger partial charge in [0.25, 0.3) is 0 Å². The summed E-state index contributed by atoms with van der Waals surface area (Å²) in [5, 5.41) is 6.01. The first kappa shape index (κ1) is 20.5. The molecule has 0 amide bonds. The van der Waals surface area contributed by atoms with Crippen LogP contribution in [0.25, 0.3) is 33.0 Å². The second-order valence-corrected chi connectivity index (χ2v) is 9.17. The molecule has 32 heavy (non-hydrogen) atoms. The Labute approximate surface area is 197 Å². The second kappa shape index (κ2) is 8.64. The van der Waals surface area contributed by atoms with E-state index in [1.54, 1.807) is 0 Å². The van der Waals surface area contributed by atoms with Gasteiger partial charge in [-0.15, -0.1) is 0 Å². The van der Waals surface area contributed by atoms with Gasteiger partial charge in [-0.3, -0.25) is 0 Å². The monoisotopic (exact) mass is 477 g/mol. The van der Waals surface area contributed by atoms with Crippen LogP contribution in [0.2, 0.25) is 0 Å². The van der Waals surface area contributed by atoms with Crippen molar-refractivity contribution in [2.24, 2.45) is 0 Å². The van der Waals surface area contributed by atoms with Crippen LogP contribution < -0.4 is 5.32 Å². The van der Waals surface area contributed by atoms with E-state index in [9.17, 15) is 0 Å². The molecule has 0 aliphatic heterocycles. The third kappa shape index (κ3) is 4.19. The lowest BCUT2D eigenvalue weighted by atomic mass is 9.91. The van der Waals surface area contributed by atoms with Crippen molar-refractivity contribution in [1.82, 2.24) is 0 Å². The first-order valence-corrected chi connectivity index (χ1v) is 11.6. The average Bonchev–Trinajstić information content (AvgIpc) is 2.82. The molecule has 0 saturated carbocycles. The fraction of sp³-hybridized carbons (Fsp3) is 0.0667. The quantitative estimate of drug-likeness (QED) is 0.271. The molecule has 0 bridgehead atoms. The van der Waals surface area contributed by atoms with E-state index in [-0.39, 0.29) is 0 Å². The number of fused-ring (bicyclic) bond motifs is 1. The van der Waals surface area contributed by atoms with Crippen LogP contribution in [-0.4, -0.2) is 0 Å². The van der Waals surface area contributed by atoms with Crippen molar-refractivity contribution < 1.29 is 0 Å². The predicted molar refractivity (Wildman–Crippen MR) is 142 cm³/mol. The highest BCUT2D eigenvalue weighted by Gasteiger charge is 2.09. The van der Waals surface area contributed by atoms with Crippen LogP contribution in [0.5, 0.6) is 0 Å². The van der Waals surface area contributed by atoms with E-state index < -0.39 is 0 Å². The molecule has 0 aromatic heterocycles. The topological polar surface area (TPSA) is 12.0 Å². The molecule has 1 nitrogen and oxygen atoms in total. The van der Waals surface area contributed by atoms with Gasteiger partial charge in [-0.1, -0.05) is 76.6 Å². The van der Waals surface area contributed by atoms with Gasteiger partial charge in [-0.2, -0.15) is 0 Å². The van der Waals surface area contributed by atoms with Crippen LogP contribution in [0.4, 0.5) is 11.4 Å². The summed E-state index contributed by atoms with van der Waals surface area (Å²) >= 11 is 3.48. The Morgan fingerprint density at radius 3 is 1.72 bits per heavy atom. The van der Waals surface area contributed by atoms with Crippen LogP contribution in [0.3, 0.4) is 0 Å². The summed E-state index contributed by atoms with van der Waals surface area (Å²) < 4.78 is 1.08. The smallest absolute Gasteiger partial charge is 0.0384 e. The van der Waals surface area contributed by atoms with Gasteiger partial charge >= 0.3 is 0 Å². The maximum atomic E-state index is 3.48.